The largest absolute Gasteiger partial charge is 0.473 e. The first kappa shape index (κ1) is 20.5. The maximum absolute atomic E-state index is 14.3. The van der Waals surface area contributed by atoms with Crippen molar-refractivity contribution in [3.63, 3.8) is 0 Å². The van der Waals surface area contributed by atoms with Gasteiger partial charge in [0.15, 0.2) is 6.17 Å². The Morgan fingerprint density at radius 1 is 1.07 bits per heavy atom. The number of rotatable bonds is 7. The van der Waals surface area contributed by atoms with Crippen molar-refractivity contribution in [2.45, 2.75) is 31.4 Å². The fourth-order valence-corrected chi connectivity index (χ4v) is 2.23. The third-order valence-corrected chi connectivity index (χ3v) is 3.78. The summed E-state index contributed by atoms with van der Waals surface area (Å²) in [5.41, 5.74) is -0.685. The Hall–Kier alpha value is -3.22. The zero-order chi connectivity index (χ0) is 21.0. The second kappa shape index (κ2) is 8.43. The summed E-state index contributed by atoms with van der Waals surface area (Å²) >= 11 is 0. The lowest BCUT2D eigenvalue weighted by Crippen LogP contribution is -2.26. The van der Waals surface area contributed by atoms with Crippen LogP contribution in [0.2, 0.25) is 0 Å². The number of pyridine rings is 2. The van der Waals surface area contributed by atoms with Crippen LogP contribution < -0.4 is 4.74 Å². The zero-order valence-electron chi connectivity index (χ0n) is 14.4. The first-order valence-corrected chi connectivity index (χ1v) is 8.05. The van der Waals surface area contributed by atoms with E-state index in [0.717, 1.165) is 18.5 Å². The predicted molar refractivity (Wildman–Crippen MR) is 85.6 cm³/mol. The van der Waals surface area contributed by atoms with E-state index < -0.39 is 30.3 Å². The van der Waals surface area contributed by atoms with E-state index in [9.17, 15) is 27.1 Å². The van der Waals surface area contributed by atoms with E-state index in [2.05, 4.69) is 25.5 Å². The van der Waals surface area contributed by atoms with Gasteiger partial charge in [-0.15, -0.1) is 5.10 Å². The number of aromatic nitrogens is 6. The Bertz CT molecular complexity index is 905. The molecule has 0 saturated heterocycles. The molecule has 0 aromatic carbocycles. The van der Waals surface area contributed by atoms with Crippen LogP contribution in [0.25, 0.3) is 0 Å². The maximum Gasteiger partial charge on any atom is 0.417 e. The molecule has 0 radical (unpaired) electrons. The van der Waals surface area contributed by atoms with Gasteiger partial charge in [0.1, 0.15) is 19.0 Å². The van der Waals surface area contributed by atoms with E-state index in [1.54, 1.807) is 0 Å². The topological polar surface area (TPSA) is 98.8 Å². The van der Waals surface area contributed by atoms with Gasteiger partial charge in [-0.1, -0.05) is 6.07 Å². The van der Waals surface area contributed by atoms with Crippen molar-refractivity contribution < 1.29 is 31.8 Å². The molecule has 0 aliphatic rings. The number of halogens is 5. The summed E-state index contributed by atoms with van der Waals surface area (Å²) in [7, 11) is 0. The minimum absolute atomic E-state index is 0.0393. The van der Waals surface area contributed by atoms with Crippen molar-refractivity contribution in [1.29, 1.82) is 0 Å². The second-order valence-electron chi connectivity index (χ2n) is 5.82. The van der Waals surface area contributed by atoms with Gasteiger partial charge in [-0.3, -0.25) is 4.98 Å². The predicted octanol–water partition coefficient (Wildman–Crippen LogP) is 2.60. The number of alkyl halides is 5. The molecule has 3 unspecified atom stereocenters. The van der Waals surface area contributed by atoms with Crippen LogP contribution in [0.5, 0.6) is 5.88 Å². The van der Waals surface area contributed by atoms with E-state index in [-0.39, 0.29) is 18.2 Å². The molecule has 3 aromatic heterocycles. The van der Waals surface area contributed by atoms with Crippen molar-refractivity contribution in [2.24, 2.45) is 0 Å². The fourth-order valence-electron chi connectivity index (χ4n) is 2.23. The van der Waals surface area contributed by atoms with E-state index in [1.165, 1.54) is 18.3 Å². The van der Waals surface area contributed by atoms with Gasteiger partial charge in [0.2, 0.25) is 12.2 Å². The Kier molecular flexibility index (Phi) is 5.96. The molecule has 0 aliphatic carbocycles. The highest BCUT2D eigenvalue weighted by atomic mass is 19.4. The van der Waals surface area contributed by atoms with Gasteiger partial charge in [-0.05, 0) is 22.6 Å². The first-order chi connectivity index (χ1) is 13.8. The molecular formula is C16H13F5N6O2. The Morgan fingerprint density at radius 3 is 2.41 bits per heavy atom. The van der Waals surface area contributed by atoms with Gasteiger partial charge in [-0.2, -0.15) is 17.9 Å². The molecule has 1 N–H and O–H groups in total. The smallest absolute Gasteiger partial charge is 0.417 e. The fraction of sp³-hybridized carbons (Fsp3) is 0.312. The SMILES string of the molecule is OC(C(F)c1ccc(COc2ccc(C(F)(F)F)cn2)cn1)C(F)n1cnnn1. The van der Waals surface area contributed by atoms with E-state index in [1.807, 2.05) is 0 Å². The Morgan fingerprint density at radius 2 is 1.86 bits per heavy atom. The molecule has 3 rings (SSSR count). The van der Waals surface area contributed by atoms with Gasteiger partial charge < -0.3 is 9.84 Å². The molecule has 3 aromatic rings. The molecule has 29 heavy (non-hydrogen) atoms. The summed E-state index contributed by atoms with van der Waals surface area (Å²) in [4.78, 5) is 7.37. The van der Waals surface area contributed by atoms with Crippen LogP contribution >= 0.6 is 0 Å². The van der Waals surface area contributed by atoms with Crippen LogP contribution in [0, 0.1) is 0 Å². The van der Waals surface area contributed by atoms with Crippen molar-refractivity contribution in [3.8, 4) is 5.88 Å². The third-order valence-electron chi connectivity index (χ3n) is 3.78. The van der Waals surface area contributed by atoms with E-state index in [4.69, 9.17) is 4.74 Å². The van der Waals surface area contributed by atoms with Crippen molar-refractivity contribution in [2.75, 3.05) is 0 Å². The lowest BCUT2D eigenvalue weighted by Gasteiger charge is -2.18. The Balaban J connectivity index is 1.58. The molecule has 3 heterocycles. The summed E-state index contributed by atoms with van der Waals surface area (Å²) in [5, 5.41) is 19.4. The van der Waals surface area contributed by atoms with Crippen LogP contribution in [0.1, 0.15) is 29.3 Å². The van der Waals surface area contributed by atoms with Crippen molar-refractivity contribution >= 4 is 0 Å². The van der Waals surface area contributed by atoms with Crippen LogP contribution in [-0.2, 0) is 12.8 Å². The number of hydrogen-bond donors (Lipinski definition) is 1. The van der Waals surface area contributed by atoms with Crippen LogP contribution in [0.3, 0.4) is 0 Å². The first-order valence-electron chi connectivity index (χ1n) is 8.05. The number of ether oxygens (including phenoxy) is 1. The summed E-state index contributed by atoms with van der Waals surface area (Å²) < 4.78 is 71.6. The number of hydrogen-bond acceptors (Lipinski definition) is 7. The molecule has 0 amide bonds. The minimum atomic E-state index is -4.50. The standard InChI is InChI=1S/C16H13F5N6O2/c17-13(14(28)15(18)27-8-24-25-26-27)11-3-1-9(5-22-11)7-29-12-4-2-10(6-23-12)16(19,20)21/h1-6,8,13-15,28H,7H2. The summed E-state index contributed by atoms with van der Waals surface area (Å²) in [6, 6.07) is 4.53. The number of nitrogens with zero attached hydrogens (tertiary/aromatic N) is 6. The molecule has 13 heteroatoms. The normalized spacial score (nSPS) is 15.0. The molecule has 8 nitrogen and oxygen atoms in total. The number of aliphatic hydroxyl groups excluding tert-OH is 1. The minimum Gasteiger partial charge on any atom is -0.473 e. The molecule has 0 saturated carbocycles. The molecule has 154 valence electrons. The van der Waals surface area contributed by atoms with Crippen molar-refractivity contribution in [1.82, 2.24) is 30.2 Å². The maximum atomic E-state index is 14.3. The summed E-state index contributed by atoms with van der Waals surface area (Å²) in [6.45, 7) is -0.0957. The third kappa shape index (κ3) is 4.99. The van der Waals surface area contributed by atoms with Crippen molar-refractivity contribution in [3.05, 3.63) is 59.8 Å². The summed E-state index contributed by atoms with van der Waals surface area (Å²) in [6.07, 6.45) is -8.20. The summed E-state index contributed by atoms with van der Waals surface area (Å²) in [5.74, 6) is -0.0393. The molecule has 0 fully saturated rings. The average molecular weight is 416 g/mol. The highest BCUT2D eigenvalue weighted by Gasteiger charge is 2.32. The molecule has 0 spiro atoms. The average Bonchev–Trinajstić information content (AvgIpc) is 3.25. The zero-order valence-corrected chi connectivity index (χ0v) is 14.4. The Labute approximate surface area is 160 Å². The van der Waals surface area contributed by atoms with Gasteiger partial charge in [0, 0.05) is 24.0 Å². The highest BCUT2D eigenvalue weighted by Crippen LogP contribution is 2.30. The molecular weight excluding hydrogens is 403 g/mol. The molecule has 0 aliphatic heterocycles. The van der Waals surface area contributed by atoms with E-state index in [0.29, 0.717) is 16.4 Å². The number of tetrazole rings is 1. The second-order valence-corrected chi connectivity index (χ2v) is 5.82. The van der Waals surface area contributed by atoms with Crippen LogP contribution in [0.4, 0.5) is 22.0 Å². The quantitative estimate of drug-likeness (QED) is 0.591. The molecule has 0 bridgehead atoms. The lowest BCUT2D eigenvalue weighted by atomic mass is 10.1. The van der Waals surface area contributed by atoms with Gasteiger partial charge in [0.25, 0.3) is 0 Å². The monoisotopic (exact) mass is 416 g/mol. The molecule has 3 atom stereocenters. The highest BCUT2D eigenvalue weighted by molar-refractivity contribution is 5.21. The van der Waals surface area contributed by atoms with E-state index >= 15 is 0 Å². The van der Waals surface area contributed by atoms with Gasteiger partial charge in [0.05, 0.1) is 11.3 Å². The lowest BCUT2D eigenvalue weighted by molar-refractivity contribution is -0.137. The van der Waals surface area contributed by atoms with Crippen LogP contribution in [-0.4, -0.2) is 41.4 Å². The van der Waals surface area contributed by atoms with Gasteiger partial charge in [-0.25, -0.2) is 13.8 Å². The van der Waals surface area contributed by atoms with Crippen LogP contribution in [0.15, 0.2) is 43.0 Å². The van der Waals surface area contributed by atoms with Gasteiger partial charge >= 0.3 is 6.18 Å². The number of aliphatic hydroxyl groups is 1.